The average molecular weight is 559 g/mol. The number of rotatable bonds is 12. The Morgan fingerprint density at radius 2 is 1.77 bits per heavy atom. The molecule has 0 aliphatic rings. The molecule has 210 valence electrons. The van der Waals surface area contributed by atoms with E-state index in [4.69, 9.17) is 9.47 Å². The number of aliphatic hydroxyl groups excluding tert-OH is 1. The van der Waals surface area contributed by atoms with Gasteiger partial charge in [0.25, 0.3) is 0 Å². The highest BCUT2D eigenvalue weighted by Crippen LogP contribution is 2.50. The molecule has 0 unspecified atom stereocenters. The highest BCUT2D eigenvalue weighted by molar-refractivity contribution is 7.56. The second-order valence-corrected chi connectivity index (χ2v) is 11.5. The first kappa shape index (κ1) is 30.5. The lowest BCUT2D eigenvalue weighted by Gasteiger charge is -2.31. The maximum absolute atomic E-state index is 14.9. The van der Waals surface area contributed by atoms with Crippen molar-refractivity contribution in [3.63, 3.8) is 0 Å². The third-order valence-corrected chi connectivity index (χ3v) is 7.44. The highest BCUT2D eigenvalue weighted by atomic mass is 31.2. The summed E-state index contributed by atoms with van der Waals surface area (Å²) in [6, 6.07) is 14.1. The van der Waals surface area contributed by atoms with E-state index in [1.807, 2.05) is 18.2 Å². The lowest BCUT2D eigenvalue weighted by molar-refractivity contribution is 0.166. The molecule has 1 atom stereocenters. The summed E-state index contributed by atoms with van der Waals surface area (Å²) < 4.78 is 37.6. The van der Waals surface area contributed by atoms with Crippen LogP contribution in [0.25, 0.3) is 11.1 Å². The molecule has 0 saturated carbocycles. The Hall–Kier alpha value is -3.07. The third-order valence-electron chi connectivity index (χ3n) is 6.45. The molecule has 8 nitrogen and oxygen atoms in total. The summed E-state index contributed by atoms with van der Waals surface area (Å²) >= 11 is 0. The van der Waals surface area contributed by atoms with E-state index >= 15 is 0 Å². The lowest BCUT2D eigenvalue weighted by atomic mass is 9.96. The van der Waals surface area contributed by atoms with E-state index in [-0.39, 0.29) is 24.3 Å². The Kier molecular flexibility index (Phi) is 10.0. The monoisotopic (exact) mass is 558 g/mol. The molecule has 1 heterocycles. The summed E-state index contributed by atoms with van der Waals surface area (Å²) in [7, 11) is -3.17. The van der Waals surface area contributed by atoms with Crippen molar-refractivity contribution in [3.05, 3.63) is 89.1 Å². The summed E-state index contributed by atoms with van der Waals surface area (Å²) in [5.74, 6) is 0.276. The summed E-state index contributed by atoms with van der Waals surface area (Å²) in [5, 5.41) is 9.76. The summed E-state index contributed by atoms with van der Waals surface area (Å²) in [5.41, 5.74) is 3.12. The van der Waals surface area contributed by atoms with Gasteiger partial charge in [0.2, 0.25) is 5.88 Å². The zero-order valence-electron chi connectivity index (χ0n) is 22.8. The Morgan fingerprint density at radius 3 is 2.38 bits per heavy atom. The minimum atomic E-state index is -4.66. The summed E-state index contributed by atoms with van der Waals surface area (Å²) in [6.07, 6.45) is -0.384. The van der Waals surface area contributed by atoms with Gasteiger partial charge in [-0.2, -0.15) is 0 Å². The third kappa shape index (κ3) is 7.75. The molecule has 1 aromatic heterocycles. The number of ether oxygens (including phenoxy) is 2. The van der Waals surface area contributed by atoms with Gasteiger partial charge in [-0.15, -0.1) is 0 Å². The molecule has 3 N–H and O–H groups in total. The zero-order chi connectivity index (χ0) is 28.9. The first-order valence-corrected chi connectivity index (χ1v) is 14.2. The van der Waals surface area contributed by atoms with Crippen LogP contribution in [0.1, 0.15) is 50.5 Å². The number of hydrogen-bond acceptors (Lipinski definition) is 6. The van der Waals surface area contributed by atoms with Gasteiger partial charge in [-0.1, -0.05) is 36.9 Å². The van der Waals surface area contributed by atoms with E-state index in [0.717, 1.165) is 22.9 Å². The number of aliphatic hydroxyl groups is 1. The van der Waals surface area contributed by atoms with Crippen LogP contribution in [0, 0.1) is 5.82 Å². The van der Waals surface area contributed by atoms with Crippen molar-refractivity contribution >= 4 is 7.60 Å². The van der Waals surface area contributed by atoms with Crippen LogP contribution in [0.4, 0.5) is 4.39 Å². The van der Waals surface area contributed by atoms with E-state index in [0.29, 0.717) is 23.7 Å². The first-order chi connectivity index (χ1) is 18.3. The first-order valence-electron chi connectivity index (χ1n) is 12.5. The van der Waals surface area contributed by atoms with Gasteiger partial charge in [0.15, 0.2) is 0 Å². The molecule has 0 radical (unpaired) electrons. The maximum atomic E-state index is 14.9. The molecule has 39 heavy (non-hydrogen) atoms. The molecule has 0 aliphatic heterocycles. The van der Waals surface area contributed by atoms with Crippen LogP contribution in [-0.4, -0.2) is 44.0 Å². The molecule has 10 heteroatoms. The normalized spacial score (nSPS) is 12.7. The number of pyridine rings is 1. The molecule has 0 fully saturated rings. The van der Waals surface area contributed by atoms with Gasteiger partial charge in [0, 0.05) is 30.3 Å². The summed E-state index contributed by atoms with van der Waals surface area (Å²) in [4.78, 5) is 24.9. The largest absolute Gasteiger partial charge is 0.489 e. The molecule has 3 aromatic rings. The minimum absolute atomic E-state index is 0.178. The smallest absolute Gasteiger partial charge is 0.354 e. The van der Waals surface area contributed by atoms with E-state index < -0.39 is 24.8 Å². The van der Waals surface area contributed by atoms with Gasteiger partial charge in [0.05, 0.1) is 18.6 Å². The molecule has 0 spiro atoms. The number of benzene rings is 2. The molecule has 3 rings (SSSR count). The molecule has 0 aliphatic carbocycles. The Balaban J connectivity index is 1.93. The number of methoxy groups -OCH3 is 1. The van der Waals surface area contributed by atoms with Crippen LogP contribution < -0.4 is 9.47 Å². The molecular weight excluding hydrogens is 522 g/mol. The molecule has 2 aromatic carbocycles. The molecule has 0 amide bonds. The average Bonchev–Trinajstić information content (AvgIpc) is 2.89. The van der Waals surface area contributed by atoms with E-state index in [1.54, 1.807) is 18.2 Å². The van der Waals surface area contributed by atoms with Gasteiger partial charge in [-0.3, -0.25) is 9.46 Å². The SMILES string of the molecule is C=C([C@@H](O)c1cccc(OCc2ccc(-c3cc(OC)ncc3F)c(CN(C(C)C)C(C)C)c2)c1)P(=O)(O)O. The fourth-order valence-electron chi connectivity index (χ4n) is 4.32. The Bertz CT molecular complexity index is 1350. The predicted molar refractivity (Wildman–Crippen MR) is 149 cm³/mol. The van der Waals surface area contributed by atoms with Crippen molar-refractivity contribution in [2.45, 2.75) is 59.0 Å². The van der Waals surface area contributed by atoms with Crippen molar-refractivity contribution in [2.75, 3.05) is 7.11 Å². The van der Waals surface area contributed by atoms with Gasteiger partial charge >= 0.3 is 7.60 Å². The predicted octanol–water partition coefficient (Wildman–Crippen LogP) is 5.82. The van der Waals surface area contributed by atoms with Crippen molar-refractivity contribution in [1.29, 1.82) is 0 Å². The fraction of sp³-hybridized carbons (Fsp3) is 0.345. The minimum Gasteiger partial charge on any atom is -0.489 e. The van der Waals surface area contributed by atoms with Crippen LogP contribution in [0.15, 0.2) is 66.6 Å². The van der Waals surface area contributed by atoms with Crippen LogP contribution in [0.3, 0.4) is 0 Å². The van der Waals surface area contributed by atoms with Gasteiger partial charge in [-0.25, -0.2) is 9.37 Å². The van der Waals surface area contributed by atoms with Crippen LogP contribution in [0.2, 0.25) is 0 Å². The van der Waals surface area contributed by atoms with Gasteiger partial charge in [0.1, 0.15) is 24.3 Å². The van der Waals surface area contributed by atoms with Gasteiger partial charge in [-0.05, 0) is 62.1 Å². The van der Waals surface area contributed by atoms with Crippen LogP contribution in [-0.2, 0) is 17.7 Å². The number of nitrogens with zero attached hydrogens (tertiary/aromatic N) is 2. The Morgan fingerprint density at radius 1 is 1.08 bits per heavy atom. The number of halogens is 1. The van der Waals surface area contributed by atoms with Crippen LogP contribution >= 0.6 is 7.60 Å². The second kappa shape index (κ2) is 12.9. The maximum Gasteiger partial charge on any atom is 0.354 e. The van der Waals surface area contributed by atoms with Crippen LogP contribution in [0.5, 0.6) is 11.6 Å². The zero-order valence-corrected chi connectivity index (χ0v) is 23.7. The standard InChI is InChI=1S/C29H36FN2O6P/c1-18(2)32(19(3)4)16-23-12-21(10-11-25(23)26-14-28(37-6)31-15-27(26)30)17-38-24-9-7-8-22(13-24)29(33)20(5)39(34,35)36/h7-15,18-19,29,33H,5,16-17H2,1-4,6H3,(H2,34,35,36)/t29-/m1/s1. The van der Waals surface area contributed by atoms with Crippen molar-refractivity contribution in [1.82, 2.24) is 9.88 Å². The second-order valence-electron chi connectivity index (χ2n) is 9.86. The van der Waals surface area contributed by atoms with Crippen molar-refractivity contribution in [3.8, 4) is 22.8 Å². The molecule has 0 saturated heterocycles. The van der Waals surface area contributed by atoms with E-state index in [2.05, 4.69) is 44.2 Å². The van der Waals surface area contributed by atoms with Gasteiger partial charge < -0.3 is 24.4 Å². The number of aromatic nitrogens is 1. The number of hydrogen-bond donors (Lipinski definition) is 3. The van der Waals surface area contributed by atoms with Crippen molar-refractivity contribution in [2.24, 2.45) is 0 Å². The highest BCUT2D eigenvalue weighted by Gasteiger charge is 2.27. The quantitative estimate of drug-likeness (QED) is 0.239. The lowest BCUT2D eigenvalue weighted by Crippen LogP contribution is -2.36. The Labute approximate surface area is 228 Å². The topological polar surface area (TPSA) is 112 Å². The molecule has 0 bridgehead atoms. The molecular formula is C29H36FN2O6P. The van der Waals surface area contributed by atoms with Crippen molar-refractivity contribution < 1.29 is 33.3 Å². The fourth-order valence-corrected chi connectivity index (χ4v) is 4.79. The van der Waals surface area contributed by atoms with E-state index in [9.17, 15) is 23.8 Å². The van der Waals surface area contributed by atoms with E-state index in [1.165, 1.54) is 19.2 Å². The summed E-state index contributed by atoms with van der Waals surface area (Å²) in [6.45, 7) is 12.6.